The number of guanidine groups is 1. The third-order valence-electron chi connectivity index (χ3n) is 4.65. The minimum absolute atomic E-state index is 0.0186. The number of imide groups is 1. The number of aliphatic imine (C=N–C) groups is 2. The van der Waals surface area contributed by atoms with E-state index in [2.05, 4.69) is 9.98 Å². The highest BCUT2D eigenvalue weighted by atomic mass is 32.2. The van der Waals surface area contributed by atoms with E-state index in [1.165, 1.54) is 23.6 Å². The molecule has 26 heavy (non-hydrogen) atoms. The Morgan fingerprint density at radius 2 is 1.81 bits per heavy atom. The van der Waals surface area contributed by atoms with Gasteiger partial charge >= 0.3 is 0 Å². The molecule has 3 heterocycles. The minimum Gasteiger partial charge on any atom is -0.368 e. The smallest absolute Gasteiger partial charge is 0.288 e. The number of amides is 2. The van der Waals surface area contributed by atoms with Crippen LogP contribution in [0.25, 0.3) is 0 Å². The van der Waals surface area contributed by atoms with Gasteiger partial charge in [0.1, 0.15) is 0 Å². The van der Waals surface area contributed by atoms with E-state index in [1.54, 1.807) is 17.0 Å². The first-order valence-electron chi connectivity index (χ1n) is 8.00. The fraction of sp³-hybridized carbons (Fsp3) is 0.111. The SMILES string of the molecule is CC(=O)N1C(=O)[C@]2(N=C(N)N=C3Sc4ccccc4N32)c2ccccc21. The molecule has 3 aliphatic heterocycles. The number of anilines is 2. The number of nitrogens with two attached hydrogens (primary N) is 1. The Balaban J connectivity index is 1.84. The van der Waals surface area contributed by atoms with Crippen LogP contribution in [0.5, 0.6) is 0 Å². The molecule has 0 bridgehead atoms. The largest absolute Gasteiger partial charge is 0.368 e. The number of benzene rings is 2. The first-order chi connectivity index (χ1) is 12.5. The second kappa shape index (κ2) is 4.95. The van der Waals surface area contributed by atoms with Crippen molar-refractivity contribution in [3.05, 3.63) is 54.1 Å². The number of rotatable bonds is 0. The van der Waals surface area contributed by atoms with Crippen LogP contribution < -0.4 is 15.5 Å². The van der Waals surface area contributed by atoms with Gasteiger partial charge in [0.05, 0.1) is 11.4 Å². The fourth-order valence-corrected chi connectivity index (χ4v) is 4.75. The van der Waals surface area contributed by atoms with Crippen LogP contribution >= 0.6 is 11.8 Å². The second-order valence-electron chi connectivity index (χ2n) is 6.12. The van der Waals surface area contributed by atoms with E-state index in [4.69, 9.17) is 5.73 Å². The molecule has 0 radical (unpaired) electrons. The number of carbonyl (C=O) groups excluding carboxylic acids is 2. The molecule has 0 unspecified atom stereocenters. The Hall–Kier alpha value is -3.13. The lowest BCUT2D eigenvalue weighted by atomic mass is 9.98. The highest BCUT2D eigenvalue weighted by molar-refractivity contribution is 8.14. The van der Waals surface area contributed by atoms with Crippen molar-refractivity contribution in [2.45, 2.75) is 17.5 Å². The van der Waals surface area contributed by atoms with Crippen LogP contribution in [0, 0.1) is 0 Å². The zero-order valence-electron chi connectivity index (χ0n) is 13.7. The summed E-state index contributed by atoms with van der Waals surface area (Å²) in [6.07, 6.45) is 0. The number of hydrogen-bond acceptors (Lipinski definition) is 7. The highest BCUT2D eigenvalue weighted by Crippen LogP contribution is 2.54. The molecule has 2 aromatic rings. The van der Waals surface area contributed by atoms with Gasteiger partial charge in [0, 0.05) is 17.4 Å². The van der Waals surface area contributed by atoms with E-state index in [1.807, 2.05) is 36.4 Å². The third-order valence-corrected chi connectivity index (χ3v) is 5.67. The molecule has 5 rings (SSSR count). The van der Waals surface area contributed by atoms with Crippen molar-refractivity contribution in [3.63, 3.8) is 0 Å². The summed E-state index contributed by atoms with van der Waals surface area (Å²) in [6.45, 7) is 1.37. The van der Waals surface area contributed by atoms with Crippen molar-refractivity contribution >= 4 is 46.1 Å². The molecule has 7 nitrogen and oxygen atoms in total. The van der Waals surface area contributed by atoms with Gasteiger partial charge in [-0.25, -0.2) is 9.89 Å². The van der Waals surface area contributed by atoms with Crippen molar-refractivity contribution in [1.29, 1.82) is 0 Å². The number of fused-ring (bicyclic) bond motifs is 6. The van der Waals surface area contributed by atoms with Crippen LogP contribution in [-0.4, -0.2) is 22.9 Å². The van der Waals surface area contributed by atoms with Crippen LogP contribution in [0.4, 0.5) is 11.4 Å². The molecule has 2 aromatic carbocycles. The van der Waals surface area contributed by atoms with Crippen LogP contribution in [-0.2, 0) is 15.3 Å². The Bertz CT molecular complexity index is 1060. The summed E-state index contributed by atoms with van der Waals surface area (Å²) >= 11 is 1.43. The Morgan fingerprint density at radius 3 is 2.58 bits per heavy atom. The monoisotopic (exact) mass is 363 g/mol. The lowest BCUT2D eigenvalue weighted by Crippen LogP contribution is -2.56. The van der Waals surface area contributed by atoms with Crippen molar-refractivity contribution in [2.24, 2.45) is 15.7 Å². The molecule has 3 aliphatic rings. The van der Waals surface area contributed by atoms with E-state index in [9.17, 15) is 9.59 Å². The maximum atomic E-state index is 13.5. The zero-order valence-corrected chi connectivity index (χ0v) is 14.5. The fourth-order valence-electron chi connectivity index (χ4n) is 3.68. The maximum Gasteiger partial charge on any atom is 0.288 e. The standard InChI is InChI=1S/C18H13N5O2S/c1-10(24)22-12-7-3-2-6-11(12)18(15(22)25)21-16(19)20-17-23(18)13-8-4-5-9-14(13)26-17/h2-9H,1H3,(H2,19,21)/t18-/m0/s1. The van der Waals surface area contributed by atoms with Gasteiger partial charge in [0.25, 0.3) is 5.91 Å². The summed E-state index contributed by atoms with van der Waals surface area (Å²) in [4.78, 5) is 38.5. The topological polar surface area (TPSA) is 91.4 Å². The first kappa shape index (κ1) is 15.2. The molecule has 0 saturated carbocycles. The molecular weight excluding hydrogens is 350 g/mol. The Kier molecular flexibility index (Phi) is 2.88. The van der Waals surface area contributed by atoms with Gasteiger partial charge in [-0.05, 0) is 30.0 Å². The lowest BCUT2D eigenvalue weighted by molar-refractivity contribution is -0.127. The van der Waals surface area contributed by atoms with E-state index in [0.29, 0.717) is 16.4 Å². The van der Waals surface area contributed by atoms with Crippen molar-refractivity contribution in [1.82, 2.24) is 0 Å². The van der Waals surface area contributed by atoms with Crippen LogP contribution in [0.15, 0.2) is 63.4 Å². The Labute approximate surface area is 153 Å². The van der Waals surface area contributed by atoms with Crippen molar-refractivity contribution < 1.29 is 9.59 Å². The summed E-state index contributed by atoms with van der Waals surface area (Å²) in [5, 5.41) is 0.576. The van der Waals surface area contributed by atoms with Gasteiger partial charge in [-0.2, -0.15) is 4.99 Å². The molecule has 0 aliphatic carbocycles. The van der Waals surface area contributed by atoms with Crippen molar-refractivity contribution in [3.8, 4) is 0 Å². The summed E-state index contributed by atoms with van der Waals surface area (Å²) < 4.78 is 0. The number of carbonyl (C=O) groups is 2. The molecule has 1 atom stereocenters. The predicted octanol–water partition coefficient (Wildman–Crippen LogP) is 2.03. The van der Waals surface area contributed by atoms with Gasteiger partial charge < -0.3 is 5.73 Å². The zero-order chi connectivity index (χ0) is 18.1. The van der Waals surface area contributed by atoms with Crippen LogP contribution in [0.3, 0.4) is 0 Å². The number of nitrogens with zero attached hydrogens (tertiary/aromatic N) is 4. The molecule has 2 N–H and O–H groups in total. The van der Waals surface area contributed by atoms with E-state index >= 15 is 0 Å². The molecular formula is C18H13N5O2S. The molecule has 128 valence electrons. The number of hydrogen-bond donors (Lipinski definition) is 1. The normalized spacial score (nSPS) is 22.7. The summed E-state index contributed by atoms with van der Waals surface area (Å²) in [5.41, 5.74) is 6.50. The lowest BCUT2D eigenvalue weighted by Gasteiger charge is -2.37. The van der Waals surface area contributed by atoms with Gasteiger partial charge in [-0.15, -0.1) is 0 Å². The highest BCUT2D eigenvalue weighted by Gasteiger charge is 2.61. The summed E-state index contributed by atoms with van der Waals surface area (Å²) in [6, 6.07) is 14.9. The molecule has 0 saturated heterocycles. The van der Waals surface area contributed by atoms with Crippen LogP contribution in [0.2, 0.25) is 0 Å². The van der Waals surface area contributed by atoms with Gasteiger partial charge in [-0.1, -0.05) is 30.3 Å². The first-order valence-corrected chi connectivity index (χ1v) is 8.81. The second-order valence-corrected chi connectivity index (χ2v) is 7.13. The minimum atomic E-state index is -1.46. The van der Waals surface area contributed by atoms with Gasteiger partial charge in [0.2, 0.25) is 17.5 Å². The van der Waals surface area contributed by atoms with E-state index < -0.39 is 11.6 Å². The maximum absolute atomic E-state index is 13.5. The molecule has 2 amide bonds. The molecule has 1 spiro atoms. The molecule has 8 heteroatoms. The summed E-state index contributed by atoms with van der Waals surface area (Å²) in [7, 11) is 0. The van der Waals surface area contributed by atoms with Crippen molar-refractivity contribution in [2.75, 3.05) is 9.80 Å². The van der Waals surface area contributed by atoms with Gasteiger partial charge in [-0.3, -0.25) is 14.5 Å². The predicted molar refractivity (Wildman–Crippen MR) is 100 cm³/mol. The number of amidine groups is 1. The Morgan fingerprint density at radius 1 is 1.12 bits per heavy atom. The average molecular weight is 363 g/mol. The van der Waals surface area contributed by atoms with E-state index in [0.717, 1.165) is 10.6 Å². The summed E-state index contributed by atoms with van der Waals surface area (Å²) in [5.74, 6) is -0.791. The van der Waals surface area contributed by atoms with E-state index in [-0.39, 0.29) is 11.9 Å². The van der Waals surface area contributed by atoms with Crippen LogP contribution in [0.1, 0.15) is 12.5 Å². The number of thioether (sulfide) groups is 1. The quantitative estimate of drug-likeness (QED) is 0.773. The molecule has 0 fully saturated rings. The molecule has 0 aromatic heterocycles. The average Bonchev–Trinajstić information content (AvgIpc) is 3.09. The number of para-hydroxylation sites is 2. The van der Waals surface area contributed by atoms with Gasteiger partial charge in [0.15, 0.2) is 5.17 Å². The third kappa shape index (κ3) is 1.69.